The Kier molecular flexibility index (Phi) is 3.57. The smallest absolute Gasteiger partial charge is 0.309 e. The summed E-state index contributed by atoms with van der Waals surface area (Å²) in [6, 6.07) is 0. The van der Waals surface area contributed by atoms with E-state index >= 15 is 0 Å². The molecule has 122 valence electrons. The van der Waals surface area contributed by atoms with E-state index in [0.717, 1.165) is 6.42 Å². The van der Waals surface area contributed by atoms with Crippen molar-refractivity contribution in [3.63, 3.8) is 0 Å². The van der Waals surface area contributed by atoms with E-state index in [1.165, 1.54) is 6.92 Å². The molecule has 0 radical (unpaired) electrons. The van der Waals surface area contributed by atoms with Gasteiger partial charge in [0.25, 0.3) is 0 Å². The average Bonchev–Trinajstić information content (AvgIpc) is 2.78. The minimum absolute atomic E-state index is 0.0235. The van der Waals surface area contributed by atoms with Crippen LogP contribution in [0.25, 0.3) is 0 Å². The highest BCUT2D eigenvalue weighted by Crippen LogP contribution is 2.53. The van der Waals surface area contributed by atoms with Crippen molar-refractivity contribution in [2.24, 2.45) is 29.6 Å². The predicted octanol–water partition coefficient (Wildman–Crippen LogP) is 2.12. The van der Waals surface area contributed by atoms with Gasteiger partial charge in [-0.05, 0) is 19.3 Å². The van der Waals surface area contributed by atoms with Crippen LogP contribution in [0, 0.1) is 29.6 Å². The van der Waals surface area contributed by atoms with Crippen molar-refractivity contribution in [1.29, 1.82) is 0 Å². The number of hydrogen-bond acceptors (Lipinski definition) is 5. The second kappa shape index (κ2) is 5.07. The fourth-order valence-electron chi connectivity index (χ4n) is 4.88. The van der Waals surface area contributed by atoms with Crippen LogP contribution < -0.4 is 0 Å². The second-order valence-electron chi connectivity index (χ2n) is 7.50. The molecule has 2 unspecified atom stereocenters. The molecule has 3 aliphatic rings. The molecule has 3 rings (SSSR count). The van der Waals surface area contributed by atoms with Gasteiger partial charge in [0.15, 0.2) is 0 Å². The molecule has 0 bridgehead atoms. The summed E-state index contributed by atoms with van der Waals surface area (Å²) in [7, 11) is 0. The molecule has 0 aromatic heterocycles. The van der Waals surface area contributed by atoms with E-state index in [2.05, 4.69) is 0 Å². The van der Waals surface area contributed by atoms with E-state index in [-0.39, 0.29) is 53.4 Å². The van der Waals surface area contributed by atoms with Crippen LogP contribution in [-0.4, -0.2) is 29.4 Å². The Labute approximate surface area is 130 Å². The number of carbonyl (C=O) groups is 3. The quantitative estimate of drug-likeness (QED) is 0.694. The van der Waals surface area contributed by atoms with E-state index in [1.54, 1.807) is 0 Å². The number of ether oxygens (including phenoxy) is 2. The van der Waals surface area contributed by atoms with Crippen molar-refractivity contribution in [2.45, 2.75) is 58.7 Å². The Morgan fingerprint density at radius 1 is 1.23 bits per heavy atom. The summed E-state index contributed by atoms with van der Waals surface area (Å²) in [4.78, 5) is 35.7. The first-order valence-corrected chi connectivity index (χ1v) is 8.15. The van der Waals surface area contributed by atoms with Gasteiger partial charge in [-0.15, -0.1) is 0 Å². The molecule has 7 atom stereocenters. The van der Waals surface area contributed by atoms with Gasteiger partial charge in [-0.1, -0.05) is 13.8 Å². The van der Waals surface area contributed by atoms with Crippen molar-refractivity contribution < 1.29 is 23.9 Å². The van der Waals surface area contributed by atoms with Gasteiger partial charge in [-0.25, -0.2) is 0 Å². The van der Waals surface area contributed by atoms with Crippen LogP contribution in [0.2, 0.25) is 0 Å². The molecule has 0 N–H and O–H groups in total. The zero-order chi connectivity index (χ0) is 16.2. The third-order valence-electron chi connectivity index (χ3n) is 6.16. The number of fused-ring (bicyclic) bond motifs is 2. The van der Waals surface area contributed by atoms with E-state index in [1.807, 2.05) is 20.8 Å². The van der Waals surface area contributed by atoms with Crippen LogP contribution >= 0.6 is 0 Å². The third-order valence-corrected chi connectivity index (χ3v) is 6.16. The first-order chi connectivity index (χ1) is 10.2. The molecule has 1 saturated heterocycles. The Morgan fingerprint density at radius 2 is 1.91 bits per heavy atom. The minimum Gasteiger partial charge on any atom is -0.462 e. The fraction of sp³-hybridized carbons (Fsp3) is 0.824. The van der Waals surface area contributed by atoms with Crippen molar-refractivity contribution in [3.8, 4) is 0 Å². The van der Waals surface area contributed by atoms with Gasteiger partial charge in [0.2, 0.25) is 0 Å². The Hall–Kier alpha value is -1.39. The SMILES string of the molecule is CC(=O)O[C@]1(C)C[C@@H]2OC(=O)C(C)C2C[C@@H]2[C@H]1CC(=O)[C@@H]2C. The molecule has 0 amide bonds. The van der Waals surface area contributed by atoms with E-state index in [4.69, 9.17) is 9.47 Å². The molecule has 3 fully saturated rings. The van der Waals surface area contributed by atoms with Crippen LogP contribution in [-0.2, 0) is 23.9 Å². The van der Waals surface area contributed by atoms with Crippen molar-refractivity contribution in [3.05, 3.63) is 0 Å². The largest absolute Gasteiger partial charge is 0.462 e. The maximum atomic E-state index is 12.2. The highest BCUT2D eigenvalue weighted by atomic mass is 16.6. The Bertz CT molecular complexity index is 527. The Morgan fingerprint density at radius 3 is 2.55 bits per heavy atom. The van der Waals surface area contributed by atoms with Gasteiger partial charge in [0.05, 0.1) is 5.92 Å². The predicted molar refractivity (Wildman–Crippen MR) is 77.7 cm³/mol. The summed E-state index contributed by atoms with van der Waals surface area (Å²) >= 11 is 0. The van der Waals surface area contributed by atoms with Crippen LogP contribution in [0.15, 0.2) is 0 Å². The number of rotatable bonds is 1. The van der Waals surface area contributed by atoms with Gasteiger partial charge in [-0.2, -0.15) is 0 Å². The average molecular weight is 308 g/mol. The second-order valence-corrected chi connectivity index (χ2v) is 7.50. The van der Waals surface area contributed by atoms with Crippen LogP contribution in [0.1, 0.15) is 47.0 Å². The number of hydrogen-bond donors (Lipinski definition) is 0. The van der Waals surface area contributed by atoms with Crippen molar-refractivity contribution in [1.82, 2.24) is 0 Å². The summed E-state index contributed by atoms with van der Waals surface area (Å²) in [5.74, 6) is -0.163. The summed E-state index contributed by atoms with van der Waals surface area (Å²) in [6.07, 6.45) is 1.54. The van der Waals surface area contributed by atoms with Gasteiger partial charge < -0.3 is 9.47 Å². The Balaban J connectivity index is 1.98. The number of carbonyl (C=O) groups excluding carboxylic acids is 3. The molecule has 2 aliphatic carbocycles. The molecule has 0 aromatic rings. The summed E-state index contributed by atoms with van der Waals surface area (Å²) < 4.78 is 11.2. The lowest BCUT2D eigenvalue weighted by atomic mass is 9.76. The zero-order valence-electron chi connectivity index (χ0n) is 13.6. The van der Waals surface area contributed by atoms with Crippen LogP contribution in [0.4, 0.5) is 0 Å². The molecule has 0 aromatic carbocycles. The fourth-order valence-corrected chi connectivity index (χ4v) is 4.88. The summed E-state index contributed by atoms with van der Waals surface area (Å²) in [5.41, 5.74) is -0.735. The lowest BCUT2D eigenvalue weighted by Crippen LogP contribution is -2.42. The first kappa shape index (κ1) is 15.5. The molecule has 1 aliphatic heterocycles. The highest BCUT2D eigenvalue weighted by molar-refractivity contribution is 5.84. The molecular weight excluding hydrogens is 284 g/mol. The lowest BCUT2D eigenvalue weighted by Gasteiger charge is -2.37. The van der Waals surface area contributed by atoms with Crippen molar-refractivity contribution >= 4 is 17.7 Å². The molecule has 22 heavy (non-hydrogen) atoms. The maximum Gasteiger partial charge on any atom is 0.309 e. The van der Waals surface area contributed by atoms with E-state index in [9.17, 15) is 14.4 Å². The molecule has 5 nitrogen and oxygen atoms in total. The maximum absolute atomic E-state index is 12.2. The molecular formula is C17H24O5. The van der Waals surface area contributed by atoms with E-state index < -0.39 is 5.60 Å². The molecule has 5 heteroatoms. The topological polar surface area (TPSA) is 69.7 Å². The summed E-state index contributed by atoms with van der Waals surface area (Å²) in [6.45, 7) is 7.16. The molecule has 2 saturated carbocycles. The van der Waals surface area contributed by atoms with Gasteiger partial charge >= 0.3 is 11.9 Å². The summed E-state index contributed by atoms with van der Waals surface area (Å²) in [5, 5.41) is 0. The zero-order valence-corrected chi connectivity index (χ0v) is 13.6. The highest BCUT2D eigenvalue weighted by Gasteiger charge is 2.58. The molecule has 0 spiro atoms. The lowest BCUT2D eigenvalue weighted by molar-refractivity contribution is -0.167. The van der Waals surface area contributed by atoms with Crippen molar-refractivity contribution in [2.75, 3.05) is 0 Å². The number of esters is 2. The number of ketones is 1. The third kappa shape index (κ3) is 2.25. The van der Waals surface area contributed by atoms with Gasteiger partial charge in [-0.3, -0.25) is 14.4 Å². The molecule has 1 heterocycles. The minimum atomic E-state index is -0.735. The standard InChI is InChI=1S/C17H24O5/c1-8-11-5-12-9(2)16(20)21-15(12)7-17(4,22-10(3)18)13(11)6-14(8)19/h8-9,11-13,15H,5-7H2,1-4H3/t8-,9?,11+,12?,13-,15+,17-/m1/s1. The number of Topliss-reactive ketones (excluding diaryl/α,β-unsaturated/α-hetero) is 1. The van der Waals surface area contributed by atoms with E-state index in [0.29, 0.717) is 12.8 Å². The normalized spacial score (nSPS) is 47.5. The van der Waals surface area contributed by atoms with Gasteiger partial charge in [0, 0.05) is 37.5 Å². The van der Waals surface area contributed by atoms with Crippen LogP contribution in [0.3, 0.4) is 0 Å². The van der Waals surface area contributed by atoms with Crippen LogP contribution in [0.5, 0.6) is 0 Å². The monoisotopic (exact) mass is 308 g/mol. The first-order valence-electron chi connectivity index (χ1n) is 8.15. The van der Waals surface area contributed by atoms with Gasteiger partial charge in [0.1, 0.15) is 17.5 Å².